The maximum absolute atomic E-state index is 11.8. The Hall–Kier alpha value is -0.610. The van der Waals surface area contributed by atoms with Crippen molar-refractivity contribution in [2.75, 3.05) is 33.2 Å². The highest BCUT2D eigenvalue weighted by Gasteiger charge is 2.21. The second-order valence-corrected chi connectivity index (χ2v) is 5.80. The largest absolute Gasteiger partial charge is 0.354 e. The van der Waals surface area contributed by atoms with Gasteiger partial charge in [-0.3, -0.25) is 9.69 Å². The van der Waals surface area contributed by atoms with E-state index in [4.69, 9.17) is 0 Å². The van der Waals surface area contributed by atoms with Gasteiger partial charge in [-0.15, -0.1) is 0 Å². The molecule has 1 aliphatic heterocycles. The lowest BCUT2D eigenvalue weighted by molar-refractivity contribution is -0.124. The third kappa shape index (κ3) is 4.94. The number of piperidine rings is 1. The van der Waals surface area contributed by atoms with Crippen LogP contribution in [-0.4, -0.2) is 50.1 Å². The van der Waals surface area contributed by atoms with Crippen LogP contribution in [0, 0.1) is 11.8 Å². The predicted molar refractivity (Wildman–Crippen MR) is 75.5 cm³/mol. The smallest absolute Gasteiger partial charge is 0.224 e. The topological polar surface area (TPSA) is 44.4 Å². The van der Waals surface area contributed by atoms with E-state index in [0.717, 1.165) is 19.0 Å². The van der Waals surface area contributed by atoms with E-state index in [1.165, 1.54) is 25.9 Å². The Morgan fingerprint density at radius 1 is 1.39 bits per heavy atom. The van der Waals surface area contributed by atoms with E-state index in [2.05, 4.69) is 29.4 Å². The lowest BCUT2D eigenvalue weighted by atomic mass is 9.99. The maximum atomic E-state index is 11.8. The monoisotopic (exact) mass is 255 g/mol. The normalized spacial score (nSPS) is 24.6. The summed E-state index contributed by atoms with van der Waals surface area (Å²) >= 11 is 0. The van der Waals surface area contributed by atoms with Crippen molar-refractivity contribution >= 4 is 5.91 Å². The molecular formula is C14H29N3O. The number of carbonyl (C=O) groups excluding carboxylic acids is 1. The maximum Gasteiger partial charge on any atom is 0.224 e. The summed E-state index contributed by atoms with van der Waals surface area (Å²) in [6.07, 6.45) is 2.63. The van der Waals surface area contributed by atoms with Gasteiger partial charge in [0, 0.05) is 31.6 Å². The van der Waals surface area contributed by atoms with E-state index in [0.29, 0.717) is 6.04 Å². The van der Waals surface area contributed by atoms with Crippen molar-refractivity contribution < 1.29 is 4.79 Å². The zero-order chi connectivity index (χ0) is 13.5. The van der Waals surface area contributed by atoms with Crippen LogP contribution in [0.15, 0.2) is 0 Å². The molecule has 0 bridgehead atoms. The van der Waals surface area contributed by atoms with Crippen LogP contribution in [0.4, 0.5) is 0 Å². The van der Waals surface area contributed by atoms with Crippen LogP contribution in [0.1, 0.15) is 33.6 Å². The van der Waals surface area contributed by atoms with Gasteiger partial charge in [0.2, 0.25) is 5.91 Å². The molecule has 18 heavy (non-hydrogen) atoms. The quantitative estimate of drug-likeness (QED) is 0.746. The summed E-state index contributed by atoms with van der Waals surface area (Å²) in [5.41, 5.74) is 0. The molecule has 1 heterocycles. The average molecular weight is 255 g/mol. The molecule has 0 aliphatic carbocycles. The van der Waals surface area contributed by atoms with Crippen LogP contribution in [0.2, 0.25) is 0 Å². The first-order valence-electron chi connectivity index (χ1n) is 7.21. The van der Waals surface area contributed by atoms with Crippen LogP contribution in [0.25, 0.3) is 0 Å². The summed E-state index contributed by atoms with van der Waals surface area (Å²) < 4.78 is 0. The number of likely N-dealkylation sites (tertiary alicyclic amines) is 1. The third-order valence-electron chi connectivity index (χ3n) is 3.84. The lowest BCUT2D eigenvalue weighted by Crippen LogP contribution is -2.47. The first-order valence-corrected chi connectivity index (χ1v) is 7.21. The van der Waals surface area contributed by atoms with E-state index < -0.39 is 0 Å². The second kappa shape index (κ2) is 7.74. The van der Waals surface area contributed by atoms with Gasteiger partial charge in [0.1, 0.15) is 0 Å². The summed E-state index contributed by atoms with van der Waals surface area (Å²) in [6.45, 7) is 10.3. The second-order valence-electron chi connectivity index (χ2n) is 5.80. The highest BCUT2D eigenvalue weighted by atomic mass is 16.1. The van der Waals surface area contributed by atoms with Gasteiger partial charge in [-0.1, -0.05) is 13.8 Å². The standard InChI is InChI=1S/C14H29N3O/c1-11-6-5-7-17(10-11)13(3)9-16-14(18)12(2)8-15-4/h11-13,15H,5-10H2,1-4H3,(H,16,18). The van der Waals surface area contributed by atoms with Crippen LogP contribution in [0.5, 0.6) is 0 Å². The lowest BCUT2D eigenvalue weighted by Gasteiger charge is -2.35. The first-order chi connectivity index (χ1) is 8.54. The minimum Gasteiger partial charge on any atom is -0.354 e. The Labute approximate surface area is 111 Å². The molecule has 0 spiro atoms. The Morgan fingerprint density at radius 2 is 2.11 bits per heavy atom. The Bertz CT molecular complexity index is 257. The minimum atomic E-state index is 0.0440. The molecule has 1 aliphatic rings. The molecule has 0 saturated carbocycles. The molecule has 3 unspecified atom stereocenters. The van der Waals surface area contributed by atoms with Gasteiger partial charge in [-0.2, -0.15) is 0 Å². The molecule has 2 N–H and O–H groups in total. The van der Waals surface area contributed by atoms with Crippen LogP contribution >= 0.6 is 0 Å². The SMILES string of the molecule is CNCC(C)C(=O)NCC(C)N1CCCC(C)C1. The zero-order valence-corrected chi connectivity index (χ0v) is 12.3. The van der Waals surface area contributed by atoms with Gasteiger partial charge >= 0.3 is 0 Å². The third-order valence-corrected chi connectivity index (χ3v) is 3.84. The van der Waals surface area contributed by atoms with Gasteiger partial charge in [-0.05, 0) is 39.3 Å². The highest BCUT2D eigenvalue weighted by Crippen LogP contribution is 2.17. The van der Waals surface area contributed by atoms with Crippen LogP contribution < -0.4 is 10.6 Å². The molecule has 4 heteroatoms. The van der Waals surface area contributed by atoms with E-state index in [9.17, 15) is 4.79 Å². The summed E-state index contributed by atoms with van der Waals surface area (Å²) in [6, 6.07) is 0.443. The van der Waals surface area contributed by atoms with E-state index in [1.807, 2.05) is 14.0 Å². The van der Waals surface area contributed by atoms with Gasteiger partial charge in [-0.25, -0.2) is 0 Å². The fraction of sp³-hybridized carbons (Fsp3) is 0.929. The number of hydrogen-bond acceptors (Lipinski definition) is 3. The molecule has 1 saturated heterocycles. The molecule has 1 amide bonds. The molecule has 1 rings (SSSR count). The van der Waals surface area contributed by atoms with Crippen molar-refractivity contribution in [3.05, 3.63) is 0 Å². The summed E-state index contributed by atoms with van der Waals surface area (Å²) in [4.78, 5) is 14.3. The van der Waals surface area contributed by atoms with E-state index in [1.54, 1.807) is 0 Å². The molecule has 4 nitrogen and oxygen atoms in total. The first kappa shape index (κ1) is 15.4. The van der Waals surface area contributed by atoms with Crippen molar-refractivity contribution in [2.24, 2.45) is 11.8 Å². The fourth-order valence-electron chi connectivity index (χ4n) is 2.58. The van der Waals surface area contributed by atoms with E-state index >= 15 is 0 Å². The number of hydrogen-bond donors (Lipinski definition) is 2. The minimum absolute atomic E-state index is 0.0440. The van der Waals surface area contributed by atoms with E-state index in [-0.39, 0.29) is 11.8 Å². The average Bonchev–Trinajstić information content (AvgIpc) is 2.35. The van der Waals surface area contributed by atoms with Gasteiger partial charge in [0.15, 0.2) is 0 Å². The van der Waals surface area contributed by atoms with Crippen LogP contribution in [0.3, 0.4) is 0 Å². The Balaban J connectivity index is 2.27. The molecule has 106 valence electrons. The summed E-state index contributed by atoms with van der Waals surface area (Å²) in [7, 11) is 1.88. The molecule has 1 fully saturated rings. The molecule has 3 atom stereocenters. The van der Waals surface area contributed by atoms with Crippen molar-refractivity contribution in [2.45, 2.75) is 39.7 Å². The number of carbonyl (C=O) groups is 1. The van der Waals surface area contributed by atoms with Gasteiger partial charge < -0.3 is 10.6 Å². The zero-order valence-electron chi connectivity index (χ0n) is 12.3. The van der Waals surface area contributed by atoms with Crippen molar-refractivity contribution in [3.63, 3.8) is 0 Å². The molecule has 0 aromatic heterocycles. The van der Waals surface area contributed by atoms with Crippen LogP contribution in [-0.2, 0) is 4.79 Å². The molecule has 0 aromatic carbocycles. The molecular weight excluding hydrogens is 226 g/mol. The van der Waals surface area contributed by atoms with Crippen molar-refractivity contribution in [1.29, 1.82) is 0 Å². The van der Waals surface area contributed by atoms with Gasteiger partial charge in [0.25, 0.3) is 0 Å². The predicted octanol–water partition coefficient (Wildman–Crippen LogP) is 1.08. The number of amides is 1. The summed E-state index contributed by atoms with van der Waals surface area (Å²) in [5.74, 6) is 0.990. The highest BCUT2D eigenvalue weighted by molar-refractivity contribution is 5.78. The van der Waals surface area contributed by atoms with Gasteiger partial charge in [0.05, 0.1) is 0 Å². The molecule has 0 radical (unpaired) electrons. The number of rotatable bonds is 6. The summed E-state index contributed by atoms with van der Waals surface area (Å²) in [5, 5.41) is 6.09. The Kier molecular flexibility index (Phi) is 6.65. The Morgan fingerprint density at radius 3 is 2.72 bits per heavy atom. The number of nitrogens with one attached hydrogen (secondary N) is 2. The molecule has 0 aromatic rings. The number of nitrogens with zero attached hydrogens (tertiary/aromatic N) is 1. The van der Waals surface area contributed by atoms with Crippen molar-refractivity contribution in [1.82, 2.24) is 15.5 Å². The van der Waals surface area contributed by atoms with Crippen molar-refractivity contribution in [3.8, 4) is 0 Å². The fourth-order valence-corrected chi connectivity index (χ4v) is 2.58.